The molecule has 1 atom stereocenters. The van der Waals surface area contributed by atoms with Crippen molar-refractivity contribution in [1.29, 1.82) is 0 Å². The molecule has 0 saturated carbocycles. The van der Waals surface area contributed by atoms with Crippen molar-refractivity contribution in [3.8, 4) is 0 Å². The molecule has 12 heavy (non-hydrogen) atoms. The fraction of sp³-hybridized carbons (Fsp3) is 0.875. The molecule has 0 aromatic rings. The quantitative estimate of drug-likeness (QED) is 0.671. The molecular weight excluding hydrogens is 172 g/mol. The van der Waals surface area contributed by atoms with Crippen molar-refractivity contribution in [2.75, 3.05) is 18.8 Å². The minimum atomic E-state index is 0.0929. The predicted molar refractivity (Wildman–Crippen MR) is 52.2 cm³/mol. The van der Waals surface area contributed by atoms with Gasteiger partial charge in [-0.25, -0.2) is 0 Å². The van der Waals surface area contributed by atoms with E-state index in [9.17, 15) is 4.79 Å². The first-order valence-electron chi connectivity index (χ1n) is 4.44. The summed E-state index contributed by atoms with van der Waals surface area (Å²) in [6.45, 7) is 1.57. The van der Waals surface area contributed by atoms with Gasteiger partial charge < -0.3 is 11.1 Å². The summed E-state index contributed by atoms with van der Waals surface area (Å²) < 4.78 is 0. The average Bonchev–Trinajstić information content (AvgIpc) is 2.15. The second-order valence-electron chi connectivity index (χ2n) is 2.96. The van der Waals surface area contributed by atoms with Crippen LogP contribution in [0.3, 0.4) is 0 Å². The predicted octanol–water partition coefficient (Wildman–Crippen LogP) is 0.347. The van der Waals surface area contributed by atoms with E-state index in [1.165, 1.54) is 24.6 Å². The van der Waals surface area contributed by atoms with Crippen LogP contribution in [0.15, 0.2) is 0 Å². The van der Waals surface area contributed by atoms with E-state index in [-0.39, 0.29) is 11.2 Å². The Hall–Kier alpha value is -0.0600. The number of carbonyl (C=O) groups excluding carboxylic acids is 1. The minimum absolute atomic E-state index is 0.0929. The molecule has 0 aromatic heterocycles. The Bertz CT molecular complexity index is 146. The van der Waals surface area contributed by atoms with Gasteiger partial charge in [0.2, 0.25) is 5.12 Å². The first-order valence-corrected chi connectivity index (χ1v) is 5.43. The van der Waals surface area contributed by atoms with Crippen LogP contribution < -0.4 is 11.1 Å². The van der Waals surface area contributed by atoms with Crippen LogP contribution in [-0.2, 0) is 4.79 Å². The van der Waals surface area contributed by atoms with E-state index < -0.39 is 0 Å². The van der Waals surface area contributed by atoms with Gasteiger partial charge in [-0.3, -0.25) is 4.79 Å². The Balaban J connectivity index is 2.20. The lowest BCUT2D eigenvalue weighted by atomic mass is 10.1. The zero-order valence-electron chi connectivity index (χ0n) is 7.21. The van der Waals surface area contributed by atoms with Gasteiger partial charge in [0.15, 0.2) is 0 Å². The monoisotopic (exact) mass is 188 g/mol. The van der Waals surface area contributed by atoms with E-state index >= 15 is 0 Å². The Morgan fingerprint density at radius 2 is 2.42 bits per heavy atom. The maximum absolute atomic E-state index is 11.4. The number of piperidine rings is 1. The largest absolute Gasteiger partial charge is 0.330 e. The van der Waals surface area contributed by atoms with Crippen LogP contribution in [0, 0.1) is 0 Å². The van der Waals surface area contributed by atoms with Crippen LogP contribution in [0.4, 0.5) is 0 Å². The molecule has 0 aromatic carbocycles. The Kier molecular flexibility index (Phi) is 4.65. The summed E-state index contributed by atoms with van der Waals surface area (Å²) >= 11 is 1.36. The fourth-order valence-corrected chi connectivity index (χ4v) is 2.03. The molecule has 1 fully saturated rings. The molecule has 1 rings (SSSR count). The maximum Gasteiger partial charge on any atom is 0.205 e. The van der Waals surface area contributed by atoms with Crippen LogP contribution >= 0.6 is 11.8 Å². The zero-order valence-corrected chi connectivity index (χ0v) is 8.03. The summed E-state index contributed by atoms with van der Waals surface area (Å²) in [6, 6.07) is 0.0929. The third-order valence-electron chi connectivity index (χ3n) is 1.96. The minimum Gasteiger partial charge on any atom is -0.330 e. The molecule has 0 radical (unpaired) electrons. The van der Waals surface area contributed by atoms with E-state index in [4.69, 9.17) is 5.73 Å². The van der Waals surface area contributed by atoms with Crippen LogP contribution in [0.25, 0.3) is 0 Å². The van der Waals surface area contributed by atoms with Gasteiger partial charge in [0.1, 0.15) is 0 Å². The van der Waals surface area contributed by atoms with Gasteiger partial charge in [0.25, 0.3) is 0 Å². The molecular formula is C8H16N2OS. The van der Waals surface area contributed by atoms with E-state index in [0.717, 1.165) is 18.7 Å². The maximum atomic E-state index is 11.4. The highest BCUT2D eigenvalue weighted by atomic mass is 32.2. The number of thioether (sulfide) groups is 1. The van der Waals surface area contributed by atoms with Gasteiger partial charge in [-0.2, -0.15) is 0 Å². The first-order chi connectivity index (χ1) is 5.84. The molecule has 0 amide bonds. The molecule has 3 nitrogen and oxygen atoms in total. The third-order valence-corrected chi connectivity index (χ3v) is 2.97. The standard InChI is InChI=1S/C8H16N2OS/c9-4-6-12-8(11)7-3-1-2-5-10-7/h7,10H,1-6,9H2. The smallest absolute Gasteiger partial charge is 0.205 e. The molecule has 0 aliphatic carbocycles. The molecule has 0 spiro atoms. The molecule has 1 unspecified atom stereocenters. The number of nitrogens with two attached hydrogens (primary N) is 1. The molecule has 1 aliphatic rings. The highest BCUT2D eigenvalue weighted by Crippen LogP contribution is 2.13. The summed E-state index contributed by atoms with van der Waals surface area (Å²) in [5, 5.41) is 3.48. The normalized spacial score (nSPS) is 23.9. The van der Waals surface area contributed by atoms with Crippen molar-refractivity contribution < 1.29 is 4.79 Å². The van der Waals surface area contributed by atoms with Crippen LogP contribution in [0.1, 0.15) is 19.3 Å². The van der Waals surface area contributed by atoms with Crippen molar-refractivity contribution >= 4 is 16.9 Å². The van der Waals surface area contributed by atoms with Crippen molar-refractivity contribution in [2.45, 2.75) is 25.3 Å². The van der Waals surface area contributed by atoms with E-state index in [1.54, 1.807) is 0 Å². The van der Waals surface area contributed by atoms with E-state index in [2.05, 4.69) is 5.32 Å². The van der Waals surface area contributed by atoms with Gasteiger partial charge >= 0.3 is 0 Å². The van der Waals surface area contributed by atoms with Crippen molar-refractivity contribution in [1.82, 2.24) is 5.32 Å². The summed E-state index contributed by atoms with van der Waals surface area (Å²) in [5.74, 6) is 0.747. The van der Waals surface area contributed by atoms with Crippen molar-refractivity contribution in [3.05, 3.63) is 0 Å². The summed E-state index contributed by atoms with van der Waals surface area (Å²) in [4.78, 5) is 11.4. The topological polar surface area (TPSA) is 55.1 Å². The molecule has 3 N–H and O–H groups in total. The van der Waals surface area contributed by atoms with Gasteiger partial charge in [0, 0.05) is 12.3 Å². The Labute approximate surface area is 77.5 Å². The molecule has 1 heterocycles. The Morgan fingerprint density at radius 3 is 3.00 bits per heavy atom. The van der Waals surface area contributed by atoms with Crippen LogP contribution in [0.2, 0.25) is 0 Å². The highest BCUT2D eigenvalue weighted by Gasteiger charge is 2.19. The van der Waals surface area contributed by atoms with Crippen LogP contribution in [-0.4, -0.2) is 30.0 Å². The highest BCUT2D eigenvalue weighted by molar-refractivity contribution is 8.13. The van der Waals surface area contributed by atoms with Crippen molar-refractivity contribution in [3.63, 3.8) is 0 Å². The molecule has 70 valence electrons. The third kappa shape index (κ3) is 3.13. The molecule has 1 saturated heterocycles. The number of rotatable bonds is 3. The number of carbonyl (C=O) groups is 1. The van der Waals surface area contributed by atoms with Gasteiger partial charge in [0.05, 0.1) is 6.04 Å². The van der Waals surface area contributed by atoms with Crippen molar-refractivity contribution in [2.24, 2.45) is 5.73 Å². The first kappa shape index (κ1) is 10.0. The molecule has 4 heteroatoms. The van der Waals surface area contributed by atoms with E-state index in [1.807, 2.05) is 0 Å². The number of nitrogens with one attached hydrogen (secondary N) is 1. The van der Waals surface area contributed by atoms with Crippen LogP contribution in [0.5, 0.6) is 0 Å². The Morgan fingerprint density at radius 1 is 1.58 bits per heavy atom. The lowest BCUT2D eigenvalue weighted by Crippen LogP contribution is -2.39. The second-order valence-corrected chi connectivity index (χ2v) is 4.06. The van der Waals surface area contributed by atoms with Gasteiger partial charge in [-0.15, -0.1) is 0 Å². The lowest BCUT2D eigenvalue weighted by Gasteiger charge is -2.21. The SMILES string of the molecule is NCCSC(=O)C1CCCCN1. The number of hydrogen-bond donors (Lipinski definition) is 2. The molecule has 0 bridgehead atoms. The number of hydrogen-bond acceptors (Lipinski definition) is 4. The average molecular weight is 188 g/mol. The molecule has 1 aliphatic heterocycles. The summed E-state index contributed by atoms with van der Waals surface area (Å²) in [7, 11) is 0. The van der Waals surface area contributed by atoms with E-state index in [0.29, 0.717) is 6.54 Å². The zero-order chi connectivity index (χ0) is 8.81. The summed E-state index contributed by atoms with van der Waals surface area (Å²) in [6.07, 6.45) is 3.37. The lowest BCUT2D eigenvalue weighted by molar-refractivity contribution is -0.113. The second kappa shape index (κ2) is 5.56. The van der Waals surface area contributed by atoms with Gasteiger partial charge in [-0.1, -0.05) is 18.2 Å². The van der Waals surface area contributed by atoms with Gasteiger partial charge in [-0.05, 0) is 19.4 Å². The fourth-order valence-electron chi connectivity index (χ4n) is 1.31. The summed E-state index contributed by atoms with van der Waals surface area (Å²) in [5.41, 5.74) is 5.31.